The van der Waals surface area contributed by atoms with Crippen LogP contribution in [0.5, 0.6) is 5.75 Å². The van der Waals surface area contributed by atoms with Crippen LogP contribution < -0.4 is 15.4 Å². The lowest BCUT2D eigenvalue weighted by Crippen LogP contribution is -2.42. The summed E-state index contributed by atoms with van der Waals surface area (Å²) in [4.78, 5) is 22.7. The number of carbonyl (C=O) groups excluding carboxylic acids is 2. The molecule has 1 fully saturated rings. The maximum Gasteiger partial charge on any atom is 0.321 e. The van der Waals surface area contributed by atoms with Gasteiger partial charge in [0.05, 0.1) is 4.47 Å². The van der Waals surface area contributed by atoms with E-state index < -0.39 is 11.9 Å². The van der Waals surface area contributed by atoms with Crippen molar-refractivity contribution in [2.45, 2.75) is 18.9 Å². The normalized spacial score (nSPS) is 13.8. The second-order valence-electron chi connectivity index (χ2n) is 4.02. The highest BCUT2D eigenvalue weighted by Gasteiger charge is 2.23. The van der Waals surface area contributed by atoms with Crippen molar-refractivity contribution in [1.29, 1.82) is 0 Å². The Labute approximate surface area is 113 Å². The SMILES string of the molecule is O=C(COc1ccccc1Br)NC(=O)NC1CC1. The highest BCUT2D eigenvalue weighted by Crippen LogP contribution is 2.23. The molecule has 0 saturated heterocycles. The molecule has 0 bridgehead atoms. The average Bonchev–Trinajstić information content (AvgIpc) is 3.11. The number of nitrogens with one attached hydrogen (secondary N) is 2. The predicted molar refractivity (Wildman–Crippen MR) is 69.3 cm³/mol. The fourth-order valence-electron chi connectivity index (χ4n) is 1.32. The first-order valence-corrected chi connectivity index (χ1v) is 6.42. The van der Waals surface area contributed by atoms with E-state index in [1.54, 1.807) is 12.1 Å². The van der Waals surface area contributed by atoms with E-state index in [0.717, 1.165) is 17.3 Å². The largest absolute Gasteiger partial charge is 0.483 e. The van der Waals surface area contributed by atoms with Crippen molar-refractivity contribution in [3.63, 3.8) is 0 Å². The number of hydrogen-bond acceptors (Lipinski definition) is 3. The molecule has 0 aromatic heterocycles. The maximum atomic E-state index is 11.4. The van der Waals surface area contributed by atoms with E-state index in [0.29, 0.717) is 5.75 Å². The molecular weight excluding hydrogens is 300 g/mol. The van der Waals surface area contributed by atoms with E-state index in [1.165, 1.54) is 0 Å². The molecule has 0 heterocycles. The summed E-state index contributed by atoms with van der Waals surface area (Å²) in [6.07, 6.45) is 1.96. The molecule has 0 radical (unpaired) electrons. The zero-order valence-corrected chi connectivity index (χ0v) is 11.2. The number of amides is 3. The highest BCUT2D eigenvalue weighted by molar-refractivity contribution is 9.10. The summed E-state index contributed by atoms with van der Waals surface area (Å²) in [7, 11) is 0. The van der Waals surface area contributed by atoms with Gasteiger partial charge in [-0.15, -0.1) is 0 Å². The number of ether oxygens (including phenoxy) is 1. The zero-order valence-electron chi connectivity index (χ0n) is 9.61. The van der Waals surface area contributed by atoms with Crippen LogP contribution in [0.2, 0.25) is 0 Å². The fourth-order valence-corrected chi connectivity index (χ4v) is 1.72. The van der Waals surface area contributed by atoms with E-state index in [9.17, 15) is 9.59 Å². The molecular formula is C12H13BrN2O3. The molecule has 1 aromatic carbocycles. The Morgan fingerprint density at radius 3 is 2.72 bits per heavy atom. The Balaban J connectivity index is 1.74. The van der Waals surface area contributed by atoms with E-state index in [-0.39, 0.29) is 12.6 Å². The first-order chi connectivity index (χ1) is 8.65. The van der Waals surface area contributed by atoms with Gasteiger partial charge < -0.3 is 10.1 Å². The van der Waals surface area contributed by atoms with Crippen molar-refractivity contribution < 1.29 is 14.3 Å². The molecule has 1 aliphatic carbocycles. The van der Waals surface area contributed by atoms with Crippen LogP contribution in [0.3, 0.4) is 0 Å². The second-order valence-corrected chi connectivity index (χ2v) is 4.87. The number of imide groups is 1. The Kier molecular flexibility index (Phi) is 4.19. The van der Waals surface area contributed by atoms with E-state index in [4.69, 9.17) is 4.74 Å². The van der Waals surface area contributed by atoms with Gasteiger partial charge in [0.1, 0.15) is 5.75 Å². The van der Waals surface area contributed by atoms with Gasteiger partial charge in [0, 0.05) is 6.04 Å². The van der Waals surface area contributed by atoms with Crippen molar-refractivity contribution >= 4 is 27.9 Å². The van der Waals surface area contributed by atoms with Gasteiger partial charge in [0.25, 0.3) is 5.91 Å². The fraction of sp³-hybridized carbons (Fsp3) is 0.333. The summed E-state index contributed by atoms with van der Waals surface area (Å²) in [5.41, 5.74) is 0. The Hall–Kier alpha value is -1.56. The Morgan fingerprint density at radius 1 is 1.33 bits per heavy atom. The van der Waals surface area contributed by atoms with Crippen LogP contribution in [0.4, 0.5) is 4.79 Å². The van der Waals surface area contributed by atoms with Crippen molar-refractivity contribution in [3.8, 4) is 5.75 Å². The number of rotatable bonds is 4. The number of halogens is 1. The van der Waals surface area contributed by atoms with Gasteiger partial charge >= 0.3 is 6.03 Å². The summed E-state index contributed by atoms with van der Waals surface area (Å²) in [6.45, 7) is -0.194. The number of para-hydroxylation sites is 1. The minimum absolute atomic E-state index is 0.194. The molecule has 5 nitrogen and oxygen atoms in total. The van der Waals surface area contributed by atoms with Crippen LogP contribution in [0.25, 0.3) is 0 Å². The van der Waals surface area contributed by atoms with Gasteiger partial charge in [-0.2, -0.15) is 0 Å². The summed E-state index contributed by atoms with van der Waals surface area (Å²) in [5.74, 6) is 0.0964. The van der Waals surface area contributed by atoms with Gasteiger partial charge in [-0.25, -0.2) is 4.79 Å². The molecule has 0 atom stereocenters. The van der Waals surface area contributed by atoms with E-state index in [2.05, 4.69) is 26.6 Å². The maximum absolute atomic E-state index is 11.4. The molecule has 96 valence electrons. The zero-order chi connectivity index (χ0) is 13.0. The predicted octanol–water partition coefficient (Wildman–Crippen LogP) is 1.82. The quantitative estimate of drug-likeness (QED) is 0.891. The topological polar surface area (TPSA) is 67.4 Å². The first kappa shape index (κ1) is 12.9. The van der Waals surface area contributed by atoms with Crippen LogP contribution in [0.1, 0.15) is 12.8 Å². The van der Waals surface area contributed by atoms with Gasteiger partial charge in [0.2, 0.25) is 0 Å². The lowest BCUT2D eigenvalue weighted by molar-refractivity contribution is -0.122. The van der Waals surface area contributed by atoms with Crippen molar-refractivity contribution in [2.24, 2.45) is 0 Å². The molecule has 6 heteroatoms. The number of urea groups is 1. The molecule has 2 N–H and O–H groups in total. The second kappa shape index (κ2) is 5.86. The molecule has 0 aliphatic heterocycles. The lowest BCUT2D eigenvalue weighted by atomic mass is 10.3. The molecule has 1 aromatic rings. The minimum atomic E-state index is -0.469. The molecule has 3 amide bonds. The van der Waals surface area contributed by atoms with Crippen LogP contribution in [-0.2, 0) is 4.79 Å². The molecule has 0 spiro atoms. The first-order valence-electron chi connectivity index (χ1n) is 5.63. The highest BCUT2D eigenvalue weighted by atomic mass is 79.9. The summed E-state index contributed by atoms with van der Waals surface area (Å²) in [6, 6.07) is 6.97. The van der Waals surface area contributed by atoms with Gasteiger partial charge in [-0.05, 0) is 40.9 Å². The minimum Gasteiger partial charge on any atom is -0.483 e. The molecule has 1 saturated carbocycles. The third-order valence-electron chi connectivity index (χ3n) is 2.36. The van der Waals surface area contributed by atoms with Crippen LogP contribution >= 0.6 is 15.9 Å². The summed E-state index contributed by atoms with van der Waals surface area (Å²) < 4.78 is 6.05. The molecule has 0 unspecified atom stereocenters. The van der Waals surface area contributed by atoms with Crippen molar-refractivity contribution in [2.75, 3.05) is 6.61 Å². The van der Waals surface area contributed by atoms with Crippen LogP contribution in [-0.4, -0.2) is 24.6 Å². The van der Waals surface area contributed by atoms with Gasteiger partial charge in [-0.3, -0.25) is 10.1 Å². The van der Waals surface area contributed by atoms with Crippen molar-refractivity contribution in [1.82, 2.24) is 10.6 Å². The number of benzene rings is 1. The van der Waals surface area contributed by atoms with E-state index >= 15 is 0 Å². The summed E-state index contributed by atoms with van der Waals surface area (Å²) in [5, 5.41) is 4.87. The standard InChI is InChI=1S/C12H13BrN2O3/c13-9-3-1-2-4-10(9)18-7-11(16)15-12(17)14-8-5-6-8/h1-4,8H,5-7H2,(H2,14,15,16,17). The van der Waals surface area contributed by atoms with Crippen LogP contribution in [0, 0.1) is 0 Å². The Morgan fingerprint density at radius 2 is 2.06 bits per heavy atom. The molecule has 18 heavy (non-hydrogen) atoms. The smallest absolute Gasteiger partial charge is 0.321 e. The van der Waals surface area contributed by atoms with Crippen LogP contribution in [0.15, 0.2) is 28.7 Å². The van der Waals surface area contributed by atoms with Crippen molar-refractivity contribution in [3.05, 3.63) is 28.7 Å². The van der Waals surface area contributed by atoms with E-state index in [1.807, 2.05) is 12.1 Å². The monoisotopic (exact) mass is 312 g/mol. The molecule has 1 aliphatic rings. The Bertz CT molecular complexity index is 460. The van der Waals surface area contributed by atoms with Gasteiger partial charge in [-0.1, -0.05) is 12.1 Å². The lowest BCUT2D eigenvalue weighted by Gasteiger charge is -2.08. The third kappa shape index (κ3) is 4.03. The third-order valence-corrected chi connectivity index (χ3v) is 3.02. The number of carbonyl (C=O) groups is 2. The molecule has 2 rings (SSSR count). The average molecular weight is 313 g/mol. The summed E-state index contributed by atoms with van der Waals surface area (Å²) >= 11 is 3.30. The van der Waals surface area contributed by atoms with Gasteiger partial charge in [0.15, 0.2) is 6.61 Å². The number of hydrogen-bond donors (Lipinski definition) is 2.